The number of hydrogen-bond acceptors (Lipinski definition) is 9. The van der Waals surface area contributed by atoms with Gasteiger partial charge in [-0.05, 0) is 38.6 Å². The number of nitrogens with two attached hydrogens (primary N) is 4. The van der Waals surface area contributed by atoms with Crippen LogP contribution in [0.2, 0.25) is 0 Å². The fourth-order valence-corrected chi connectivity index (χ4v) is 3.41. The number of carbonyl (C=O) groups excluding carboxylic acids is 5. The van der Waals surface area contributed by atoms with Gasteiger partial charge in [0.2, 0.25) is 29.5 Å². The number of carboxylic acid groups (broad SMARTS) is 1. The maximum atomic E-state index is 13.1. The van der Waals surface area contributed by atoms with Crippen LogP contribution in [0.4, 0.5) is 0 Å². The molecule has 38 heavy (non-hydrogen) atoms. The predicted molar refractivity (Wildman–Crippen MR) is 133 cm³/mol. The zero-order valence-corrected chi connectivity index (χ0v) is 21.0. The third-order valence-corrected chi connectivity index (χ3v) is 5.52. The fourth-order valence-electron chi connectivity index (χ4n) is 3.41. The van der Waals surface area contributed by atoms with Crippen LogP contribution >= 0.6 is 0 Å². The molecule has 0 aliphatic heterocycles. The van der Waals surface area contributed by atoms with E-state index in [2.05, 4.69) is 25.9 Å². The highest BCUT2D eigenvalue weighted by atomic mass is 16.4. The average molecular weight is 540 g/mol. The maximum absolute atomic E-state index is 13.1. The molecule has 1 heterocycles. The van der Waals surface area contributed by atoms with E-state index in [1.807, 2.05) is 0 Å². The number of H-pyrrole nitrogens is 1. The number of nitrogens with zero attached hydrogens (tertiary/aromatic N) is 1. The van der Waals surface area contributed by atoms with Gasteiger partial charge in [-0.25, -0.2) is 9.78 Å². The lowest BCUT2D eigenvalue weighted by Gasteiger charge is -2.25. The van der Waals surface area contributed by atoms with Crippen LogP contribution in [0.5, 0.6) is 0 Å². The zero-order chi connectivity index (χ0) is 28.7. The summed E-state index contributed by atoms with van der Waals surface area (Å²) in [4.78, 5) is 79.4. The molecule has 13 N–H and O–H groups in total. The van der Waals surface area contributed by atoms with E-state index in [4.69, 9.17) is 22.9 Å². The average Bonchev–Trinajstić information content (AvgIpc) is 3.35. The van der Waals surface area contributed by atoms with E-state index in [9.17, 15) is 33.9 Å². The number of carboxylic acids is 1. The zero-order valence-electron chi connectivity index (χ0n) is 21.0. The lowest BCUT2D eigenvalue weighted by molar-refractivity contribution is -0.142. The Morgan fingerprint density at radius 1 is 0.842 bits per heavy atom. The van der Waals surface area contributed by atoms with Crippen LogP contribution in [0, 0.1) is 0 Å². The summed E-state index contributed by atoms with van der Waals surface area (Å²) in [6, 6.07) is -5.00. The maximum Gasteiger partial charge on any atom is 0.326 e. The third-order valence-electron chi connectivity index (χ3n) is 5.52. The van der Waals surface area contributed by atoms with E-state index in [0.717, 1.165) is 0 Å². The van der Waals surface area contributed by atoms with Gasteiger partial charge in [-0.2, -0.15) is 0 Å². The molecule has 212 valence electrons. The van der Waals surface area contributed by atoms with Gasteiger partial charge in [0.1, 0.15) is 18.1 Å². The predicted octanol–water partition coefficient (Wildman–Crippen LogP) is -3.52. The van der Waals surface area contributed by atoms with Crippen molar-refractivity contribution in [2.24, 2.45) is 22.9 Å². The summed E-state index contributed by atoms with van der Waals surface area (Å²) in [6.45, 7) is 0.349. The van der Waals surface area contributed by atoms with Gasteiger partial charge in [-0.1, -0.05) is 0 Å². The number of carbonyl (C=O) groups is 6. The number of imidazole rings is 1. The molecular formula is C22H37N9O7. The number of unbranched alkanes of at least 4 members (excludes halogenated alkanes) is 1. The highest BCUT2D eigenvalue weighted by Gasteiger charge is 2.30. The minimum absolute atomic E-state index is 0.0837. The summed E-state index contributed by atoms with van der Waals surface area (Å²) >= 11 is 0. The first-order valence-corrected chi connectivity index (χ1v) is 12.1. The summed E-state index contributed by atoms with van der Waals surface area (Å²) in [6.07, 6.45) is 3.05. The number of aromatic amines is 1. The van der Waals surface area contributed by atoms with Crippen LogP contribution in [-0.4, -0.2) is 81.3 Å². The molecule has 4 unspecified atom stereocenters. The van der Waals surface area contributed by atoms with E-state index in [-0.39, 0.29) is 38.5 Å². The van der Waals surface area contributed by atoms with Gasteiger partial charge < -0.3 is 49.0 Å². The second kappa shape index (κ2) is 16.6. The van der Waals surface area contributed by atoms with Gasteiger partial charge in [0.05, 0.1) is 12.4 Å². The van der Waals surface area contributed by atoms with Crippen molar-refractivity contribution >= 4 is 35.5 Å². The molecule has 0 spiro atoms. The second-order valence-corrected chi connectivity index (χ2v) is 8.70. The van der Waals surface area contributed by atoms with E-state index >= 15 is 0 Å². The first-order chi connectivity index (χ1) is 17.9. The van der Waals surface area contributed by atoms with Crippen LogP contribution in [0.1, 0.15) is 50.6 Å². The lowest BCUT2D eigenvalue weighted by Crippen LogP contribution is -2.57. The Bertz CT molecular complexity index is 955. The van der Waals surface area contributed by atoms with Crippen molar-refractivity contribution in [1.82, 2.24) is 25.9 Å². The molecule has 0 fully saturated rings. The molecule has 16 heteroatoms. The van der Waals surface area contributed by atoms with E-state index in [1.54, 1.807) is 0 Å². The van der Waals surface area contributed by atoms with Gasteiger partial charge in [0.15, 0.2) is 0 Å². The van der Waals surface area contributed by atoms with Gasteiger partial charge in [0, 0.05) is 31.2 Å². The fraction of sp³-hybridized carbons (Fsp3) is 0.591. The normalized spacial score (nSPS) is 13.9. The van der Waals surface area contributed by atoms with Crippen LogP contribution in [0.15, 0.2) is 12.5 Å². The number of aliphatic carboxylic acids is 1. The van der Waals surface area contributed by atoms with Gasteiger partial charge in [0.25, 0.3) is 0 Å². The smallest absolute Gasteiger partial charge is 0.326 e. The molecule has 0 bridgehead atoms. The van der Waals surface area contributed by atoms with Crippen LogP contribution in [-0.2, 0) is 35.2 Å². The van der Waals surface area contributed by atoms with Crippen molar-refractivity contribution < 1.29 is 33.9 Å². The highest BCUT2D eigenvalue weighted by Crippen LogP contribution is 2.06. The number of primary amides is 2. The Morgan fingerprint density at radius 3 is 1.82 bits per heavy atom. The highest BCUT2D eigenvalue weighted by molar-refractivity contribution is 5.94. The summed E-state index contributed by atoms with van der Waals surface area (Å²) in [5.41, 5.74) is 22.3. The molecule has 0 aromatic carbocycles. The molecule has 1 aromatic rings. The van der Waals surface area contributed by atoms with Crippen molar-refractivity contribution in [1.29, 1.82) is 0 Å². The molecule has 16 nitrogen and oxygen atoms in total. The van der Waals surface area contributed by atoms with Crippen molar-refractivity contribution in [2.75, 3.05) is 6.54 Å². The number of hydrogen-bond donors (Lipinski definition) is 9. The van der Waals surface area contributed by atoms with Crippen molar-refractivity contribution in [2.45, 2.75) is 75.5 Å². The summed E-state index contributed by atoms with van der Waals surface area (Å²) < 4.78 is 0. The lowest BCUT2D eigenvalue weighted by atomic mass is 10.0. The molecule has 0 saturated heterocycles. The number of nitrogens with one attached hydrogen (secondary N) is 4. The molecule has 5 amide bonds. The van der Waals surface area contributed by atoms with E-state index in [0.29, 0.717) is 25.1 Å². The Kier molecular flexibility index (Phi) is 14.0. The first-order valence-electron chi connectivity index (χ1n) is 12.1. The van der Waals surface area contributed by atoms with Crippen LogP contribution in [0.3, 0.4) is 0 Å². The van der Waals surface area contributed by atoms with E-state index < -0.39 is 59.7 Å². The van der Waals surface area contributed by atoms with Crippen molar-refractivity contribution in [3.63, 3.8) is 0 Å². The van der Waals surface area contributed by atoms with Gasteiger partial charge in [-0.15, -0.1) is 0 Å². The standard InChI is InChI=1S/C22H37N9O7/c23-8-2-1-3-16(22(37)38)31-21(36)15(5-7-18(26)33)30-20(35)14(4-6-17(25)32)29-19(34)13(24)9-12-10-27-11-28-12/h10-11,13-16H,1-9,23-24H2,(H2,25,32)(H2,26,33)(H,27,28)(H,29,34)(H,30,35)(H,31,36)(H,37,38). The number of aromatic nitrogens is 2. The minimum atomic E-state index is -1.36. The first kappa shape index (κ1) is 32.0. The molecule has 4 atom stereocenters. The monoisotopic (exact) mass is 539 g/mol. The van der Waals surface area contributed by atoms with Gasteiger partial charge in [-0.3, -0.25) is 24.0 Å². The molecule has 0 radical (unpaired) electrons. The molecule has 0 aliphatic rings. The molecular weight excluding hydrogens is 502 g/mol. The van der Waals surface area contributed by atoms with Crippen molar-refractivity contribution in [3.05, 3.63) is 18.2 Å². The molecule has 1 rings (SSSR count). The van der Waals surface area contributed by atoms with Crippen LogP contribution in [0.25, 0.3) is 0 Å². The quantitative estimate of drug-likeness (QED) is 0.0780. The Balaban J connectivity index is 2.98. The van der Waals surface area contributed by atoms with E-state index in [1.165, 1.54) is 12.5 Å². The SMILES string of the molecule is NCCCCC(NC(=O)C(CCC(N)=O)NC(=O)C(CCC(N)=O)NC(=O)C(N)Cc1cnc[nH]1)C(=O)O. The number of amides is 5. The largest absolute Gasteiger partial charge is 0.480 e. The third kappa shape index (κ3) is 12.3. The summed E-state index contributed by atoms with van der Waals surface area (Å²) in [5.74, 6) is -5.22. The summed E-state index contributed by atoms with van der Waals surface area (Å²) in [5, 5.41) is 16.6. The second-order valence-electron chi connectivity index (χ2n) is 8.70. The van der Waals surface area contributed by atoms with Gasteiger partial charge >= 0.3 is 5.97 Å². The minimum Gasteiger partial charge on any atom is -0.480 e. The Labute approximate surface area is 219 Å². The molecule has 1 aromatic heterocycles. The molecule has 0 saturated carbocycles. The Morgan fingerprint density at radius 2 is 1.37 bits per heavy atom. The summed E-state index contributed by atoms with van der Waals surface area (Å²) in [7, 11) is 0. The van der Waals surface area contributed by atoms with Crippen LogP contribution < -0.4 is 38.9 Å². The molecule has 0 aliphatic carbocycles. The number of rotatable bonds is 19. The van der Waals surface area contributed by atoms with Crippen molar-refractivity contribution in [3.8, 4) is 0 Å². The topological polar surface area (TPSA) is 292 Å². The Hall–Kier alpha value is -4.05.